The molecule has 1 aromatic heterocycles. The van der Waals surface area contributed by atoms with Crippen LogP contribution in [0.2, 0.25) is 0 Å². The minimum Gasteiger partial charge on any atom is -0.491 e. The van der Waals surface area contributed by atoms with Crippen LogP contribution < -0.4 is 9.47 Å². The highest BCUT2D eigenvalue weighted by Gasteiger charge is 2.25. The van der Waals surface area contributed by atoms with Gasteiger partial charge in [0.2, 0.25) is 0 Å². The molecule has 0 aliphatic carbocycles. The first-order chi connectivity index (χ1) is 16.3. The quantitative estimate of drug-likeness (QED) is 0.232. The molecule has 2 aliphatic heterocycles. The van der Waals surface area contributed by atoms with Gasteiger partial charge < -0.3 is 23.4 Å². The van der Waals surface area contributed by atoms with E-state index < -0.39 is 0 Å². The Hall–Kier alpha value is -3.54. The van der Waals surface area contributed by atoms with E-state index in [-0.39, 0.29) is 12.2 Å². The maximum absolute atomic E-state index is 6.51. The summed E-state index contributed by atoms with van der Waals surface area (Å²) in [4.78, 5) is 0. The van der Waals surface area contributed by atoms with E-state index >= 15 is 0 Å². The Bertz CT molecular complexity index is 1480. The van der Waals surface area contributed by atoms with Crippen molar-refractivity contribution in [2.75, 3.05) is 26.4 Å². The molecule has 33 heavy (non-hydrogen) atoms. The zero-order valence-electron chi connectivity index (χ0n) is 18.0. The van der Waals surface area contributed by atoms with Crippen LogP contribution in [-0.4, -0.2) is 38.6 Å². The fourth-order valence-electron chi connectivity index (χ4n) is 4.40. The lowest BCUT2D eigenvalue weighted by Crippen LogP contribution is -2.04. The van der Waals surface area contributed by atoms with Gasteiger partial charge in [0.05, 0.1) is 18.6 Å². The fourth-order valence-corrected chi connectivity index (χ4v) is 4.40. The summed E-state index contributed by atoms with van der Waals surface area (Å²) in [5, 5.41) is 5.56. The molecule has 0 saturated carbocycles. The van der Waals surface area contributed by atoms with Crippen molar-refractivity contribution in [1.82, 2.24) is 0 Å². The van der Waals surface area contributed by atoms with E-state index in [1.807, 2.05) is 36.4 Å². The number of ether oxygens (including phenoxy) is 4. The number of hydrogen-bond acceptors (Lipinski definition) is 5. The lowest BCUT2D eigenvalue weighted by atomic mass is 9.98. The molecule has 2 unspecified atom stereocenters. The molecule has 2 fully saturated rings. The van der Waals surface area contributed by atoms with Crippen LogP contribution >= 0.6 is 0 Å². The first-order valence-corrected chi connectivity index (χ1v) is 11.3. The largest absolute Gasteiger partial charge is 0.491 e. The van der Waals surface area contributed by atoms with Crippen LogP contribution in [0.25, 0.3) is 43.8 Å². The molecule has 7 rings (SSSR count). The third kappa shape index (κ3) is 3.50. The Balaban J connectivity index is 1.36. The number of benzene rings is 4. The molecule has 5 heteroatoms. The highest BCUT2D eigenvalue weighted by Crippen LogP contribution is 2.43. The minimum atomic E-state index is 0.190. The Kier molecular flexibility index (Phi) is 4.32. The highest BCUT2D eigenvalue weighted by atomic mass is 16.6. The highest BCUT2D eigenvalue weighted by molar-refractivity contribution is 6.25. The first kappa shape index (κ1) is 19.0. The average Bonchev–Trinajstić information content (AvgIpc) is 3.80. The van der Waals surface area contributed by atoms with Crippen molar-refractivity contribution in [2.45, 2.75) is 12.2 Å². The summed E-state index contributed by atoms with van der Waals surface area (Å²) >= 11 is 0. The molecule has 2 atom stereocenters. The lowest BCUT2D eigenvalue weighted by molar-refractivity contribution is 0.263. The summed E-state index contributed by atoms with van der Waals surface area (Å²) in [6.45, 7) is 2.70. The van der Waals surface area contributed by atoms with Gasteiger partial charge >= 0.3 is 0 Å². The number of rotatable bonds is 7. The summed E-state index contributed by atoms with van der Waals surface area (Å²) in [6, 6.07) is 24.8. The lowest BCUT2D eigenvalue weighted by Gasteiger charge is -2.11. The molecular formula is C28H22O5. The summed E-state index contributed by atoms with van der Waals surface area (Å²) in [5.74, 6) is 2.48. The van der Waals surface area contributed by atoms with Crippen molar-refractivity contribution in [2.24, 2.45) is 0 Å². The molecule has 0 radical (unpaired) electrons. The zero-order valence-corrected chi connectivity index (χ0v) is 18.0. The van der Waals surface area contributed by atoms with Crippen LogP contribution in [0.5, 0.6) is 11.5 Å². The van der Waals surface area contributed by atoms with Gasteiger partial charge in [-0.25, -0.2) is 0 Å². The van der Waals surface area contributed by atoms with Gasteiger partial charge in [-0.2, -0.15) is 0 Å². The van der Waals surface area contributed by atoms with Crippen molar-refractivity contribution in [3.05, 3.63) is 72.8 Å². The summed E-state index contributed by atoms with van der Waals surface area (Å²) < 4.78 is 29.0. The molecule has 3 heterocycles. The summed E-state index contributed by atoms with van der Waals surface area (Å²) in [6.07, 6.45) is 0.431. The predicted octanol–water partition coefficient (Wildman–Crippen LogP) is 5.96. The predicted molar refractivity (Wildman–Crippen MR) is 127 cm³/mol. The number of fused-ring (bicyclic) bond motifs is 6. The van der Waals surface area contributed by atoms with Crippen molar-refractivity contribution in [1.29, 1.82) is 0 Å². The van der Waals surface area contributed by atoms with E-state index in [1.165, 1.54) is 10.8 Å². The van der Waals surface area contributed by atoms with Gasteiger partial charge in [0.15, 0.2) is 0 Å². The van der Waals surface area contributed by atoms with Crippen LogP contribution in [0, 0.1) is 0 Å². The van der Waals surface area contributed by atoms with Crippen molar-refractivity contribution in [3.8, 4) is 22.8 Å². The topological polar surface area (TPSA) is 56.7 Å². The Morgan fingerprint density at radius 2 is 1.36 bits per heavy atom. The third-order valence-electron chi connectivity index (χ3n) is 6.30. The van der Waals surface area contributed by atoms with Crippen LogP contribution in [0.1, 0.15) is 0 Å². The Labute approximate surface area is 190 Å². The SMILES string of the molecule is c1ccc2c(c1)c1cc(-c3ccc(OCC4CO4)cc3)oc1c1c(OCC3CO3)cccc21. The smallest absolute Gasteiger partial charge is 0.147 e. The molecule has 0 bridgehead atoms. The second-order valence-electron chi connectivity index (χ2n) is 8.63. The van der Waals surface area contributed by atoms with Crippen LogP contribution in [0.4, 0.5) is 0 Å². The maximum Gasteiger partial charge on any atom is 0.147 e. The molecule has 2 saturated heterocycles. The molecule has 4 aromatic carbocycles. The fraction of sp³-hybridized carbons (Fsp3) is 0.214. The third-order valence-corrected chi connectivity index (χ3v) is 6.30. The Morgan fingerprint density at radius 1 is 0.697 bits per heavy atom. The summed E-state index contributed by atoms with van der Waals surface area (Å²) in [7, 11) is 0. The maximum atomic E-state index is 6.51. The number of epoxide rings is 2. The van der Waals surface area contributed by atoms with Crippen molar-refractivity contribution in [3.63, 3.8) is 0 Å². The van der Waals surface area contributed by atoms with Gasteiger partial charge in [-0.1, -0.05) is 36.4 Å². The van der Waals surface area contributed by atoms with E-state index in [0.717, 1.165) is 57.8 Å². The van der Waals surface area contributed by atoms with E-state index in [1.54, 1.807) is 0 Å². The van der Waals surface area contributed by atoms with Gasteiger partial charge in [0, 0.05) is 10.9 Å². The van der Waals surface area contributed by atoms with Gasteiger partial charge in [-0.15, -0.1) is 0 Å². The molecule has 0 N–H and O–H groups in total. The standard InChI is InChI=1S/C28H22O5/c1-2-5-22-21(4-1)23-6-3-7-25(32-16-20-15-31-20)27(23)28-24(22)12-26(33-28)17-8-10-18(11-9-17)29-13-19-14-30-19/h1-12,19-20H,13-16H2. The van der Waals surface area contributed by atoms with Gasteiger partial charge in [-0.05, 0) is 52.6 Å². The summed E-state index contributed by atoms with van der Waals surface area (Å²) in [5.41, 5.74) is 1.85. The molecular weight excluding hydrogens is 416 g/mol. The van der Waals surface area contributed by atoms with E-state index in [4.69, 9.17) is 23.4 Å². The normalized spacial score (nSPS) is 19.3. The van der Waals surface area contributed by atoms with Crippen LogP contribution in [0.15, 0.2) is 77.2 Å². The monoisotopic (exact) mass is 438 g/mol. The van der Waals surface area contributed by atoms with Crippen LogP contribution in [-0.2, 0) is 9.47 Å². The molecule has 0 amide bonds. The second-order valence-corrected chi connectivity index (χ2v) is 8.63. The average molecular weight is 438 g/mol. The first-order valence-electron chi connectivity index (χ1n) is 11.3. The van der Waals surface area contributed by atoms with Crippen molar-refractivity contribution < 1.29 is 23.4 Å². The molecule has 5 aromatic rings. The molecule has 164 valence electrons. The number of hydrogen-bond donors (Lipinski definition) is 0. The van der Waals surface area contributed by atoms with Gasteiger partial charge in [-0.3, -0.25) is 0 Å². The Morgan fingerprint density at radius 3 is 2.09 bits per heavy atom. The molecule has 2 aliphatic rings. The van der Waals surface area contributed by atoms with Crippen LogP contribution in [0.3, 0.4) is 0 Å². The zero-order chi connectivity index (χ0) is 21.8. The van der Waals surface area contributed by atoms with Gasteiger partial charge in [0.1, 0.15) is 48.3 Å². The molecule has 5 nitrogen and oxygen atoms in total. The van der Waals surface area contributed by atoms with E-state index in [0.29, 0.717) is 13.2 Å². The van der Waals surface area contributed by atoms with Crippen molar-refractivity contribution >= 4 is 32.5 Å². The second kappa shape index (κ2) is 7.51. The minimum absolute atomic E-state index is 0.190. The van der Waals surface area contributed by atoms with E-state index in [2.05, 4.69) is 36.4 Å². The van der Waals surface area contributed by atoms with Gasteiger partial charge in [0.25, 0.3) is 0 Å². The number of furan rings is 1. The molecule has 0 spiro atoms. The van der Waals surface area contributed by atoms with E-state index in [9.17, 15) is 0 Å².